The summed E-state index contributed by atoms with van der Waals surface area (Å²) in [6, 6.07) is 17.5. The van der Waals surface area contributed by atoms with E-state index in [0.717, 1.165) is 33.7 Å². The molecule has 0 aliphatic carbocycles. The molecule has 0 unspecified atom stereocenters. The van der Waals surface area contributed by atoms with Crippen molar-refractivity contribution in [1.82, 2.24) is 4.98 Å². The van der Waals surface area contributed by atoms with Gasteiger partial charge >= 0.3 is 0 Å². The van der Waals surface area contributed by atoms with Crippen LogP contribution in [0.2, 0.25) is 0 Å². The first kappa shape index (κ1) is 16.5. The zero-order valence-corrected chi connectivity index (χ0v) is 14.2. The van der Waals surface area contributed by atoms with Gasteiger partial charge in [-0.05, 0) is 61.4 Å². The third kappa shape index (κ3) is 3.78. The van der Waals surface area contributed by atoms with Crippen LogP contribution in [0.15, 0.2) is 60.8 Å². The molecule has 0 fully saturated rings. The van der Waals surface area contributed by atoms with Gasteiger partial charge in [0.25, 0.3) is 6.26 Å². The van der Waals surface area contributed by atoms with Gasteiger partial charge in [0, 0.05) is 17.3 Å². The van der Waals surface area contributed by atoms with Crippen molar-refractivity contribution in [2.24, 2.45) is 0 Å². The third-order valence-corrected chi connectivity index (χ3v) is 4.03. The molecule has 124 valence electrons. The second-order valence-electron chi connectivity index (χ2n) is 5.73. The fourth-order valence-corrected chi connectivity index (χ4v) is 2.66. The molecule has 0 atom stereocenters. The molecular weight excluding hydrogens is 312 g/mol. The number of ether oxygens (including phenoxy) is 2. The topological polar surface area (TPSA) is 55.1 Å². The average molecular weight is 330 g/mol. The summed E-state index contributed by atoms with van der Waals surface area (Å²) in [6.45, 7) is 4.32. The molecule has 1 aromatic heterocycles. The Hall–Kier alpha value is -3.32. The van der Waals surface area contributed by atoms with Crippen molar-refractivity contribution >= 4 is 0 Å². The summed E-state index contributed by atoms with van der Waals surface area (Å²) in [5.74, 6) is 1.33. The van der Waals surface area contributed by atoms with Crippen molar-refractivity contribution in [3.63, 3.8) is 0 Å². The van der Waals surface area contributed by atoms with Crippen LogP contribution in [0.4, 0.5) is 0 Å². The Morgan fingerprint density at radius 3 is 2.56 bits per heavy atom. The third-order valence-electron chi connectivity index (χ3n) is 4.03. The molecule has 0 saturated heterocycles. The summed E-state index contributed by atoms with van der Waals surface area (Å²) in [4.78, 5) is 4.37. The average Bonchev–Trinajstić information content (AvgIpc) is 2.63. The lowest BCUT2D eigenvalue weighted by Crippen LogP contribution is -2.02. The van der Waals surface area contributed by atoms with Gasteiger partial charge in [-0.3, -0.25) is 4.98 Å². The van der Waals surface area contributed by atoms with E-state index in [1.54, 1.807) is 18.5 Å². The molecule has 0 N–H and O–H groups in total. The molecule has 0 aliphatic heterocycles. The number of aromatic nitrogens is 1. The predicted octanol–water partition coefficient (Wildman–Crippen LogP) is 4.80. The van der Waals surface area contributed by atoms with E-state index in [2.05, 4.69) is 11.1 Å². The summed E-state index contributed by atoms with van der Waals surface area (Å²) in [5.41, 5.74) is 4.91. The van der Waals surface area contributed by atoms with Crippen LogP contribution in [0.5, 0.6) is 11.5 Å². The Morgan fingerprint density at radius 2 is 1.84 bits per heavy atom. The smallest absolute Gasteiger partial charge is 0.292 e. The second kappa shape index (κ2) is 7.50. The maximum atomic E-state index is 8.78. The molecular formula is C21H18N2O2. The van der Waals surface area contributed by atoms with Crippen LogP contribution >= 0.6 is 0 Å². The Balaban J connectivity index is 1.80. The minimum absolute atomic E-state index is 0.341. The minimum Gasteiger partial charge on any atom is -0.488 e. The van der Waals surface area contributed by atoms with E-state index in [9.17, 15) is 0 Å². The Bertz CT molecular complexity index is 915. The van der Waals surface area contributed by atoms with Crippen molar-refractivity contribution < 1.29 is 9.47 Å². The van der Waals surface area contributed by atoms with E-state index in [1.807, 2.05) is 56.3 Å². The predicted molar refractivity (Wildman–Crippen MR) is 96.2 cm³/mol. The first-order chi connectivity index (χ1) is 12.2. The normalized spacial score (nSPS) is 10.1. The van der Waals surface area contributed by atoms with E-state index in [1.165, 1.54) is 0 Å². The molecule has 0 amide bonds. The zero-order valence-electron chi connectivity index (χ0n) is 14.2. The highest BCUT2D eigenvalue weighted by molar-refractivity contribution is 5.61. The number of hydrogen-bond donors (Lipinski definition) is 0. The van der Waals surface area contributed by atoms with Gasteiger partial charge in [-0.2, -0.15) is 0 Å². The van der Waals surface area contributed by atoms with Crippen molar-refractivity contribution in [2.75, 3.05) is 0 Å². The number of hydrogen-bond acceptors (Lipinski definition) is 4. The van der Waals surface area contributed by atoms with Gasteiger partial charge in [-0.15, -0.1) is 5.26 Å². The van der Waals surface area contributed by atoms with Crippen LogP contribution in [0.25, 0.3) is 11.3 Å². The van der Waals surface area contributed by atoms with Gasteiger partial charge in [0.05, 0.1) is 5.69 Å². The summed E-state index contributed by atoms with van der Waals surface area (Å²) in [6.07, 6.45) is 3.51. The zero-order chi connectivity index (χ0) is 17.6. The van der Waals surface area contributed by atoms with Crippen LogP contribution in [0.1, 0.15) is 16.7 Å². The van der Waals surface area contributed by atoms with Crippen molar-refractivity contribution in [3.8, 4) is 29.0 Å². The molecule has 0 saturated carbocycles. The Labute approximate surface area is 147 Å². The number of aryl methyl sites for hydroxylation is 2. The van der Waals surface area contributed by atoms with Crippen molar-refractivity contribution in [2.45, 2.75) is 20.5 Å². The number of pyridine rings is 1. The molecule has 4 heteroatoms. The summed E-state index contributed by atoms with van der Waals surface area (Å²) in [7, 11) is 0. The van der Waals surface area contributed by atoms with E-state index < -0.39 is 0 Å². The SMILES string of the molecule is Cc1cc(-c2ccccn2)ccc1OCc1c(C)cccc1OC#N. The molecule has 0 aliphatic rings. The molecule has 25 heavy (non-hydrogen) atoms. The highest BCUT2D eigenvalue weighted by Crippen LogP contribution is 2.28. The number of rotatable bonds is 5. The van der Waals surface area contributed by atoms with E-state index in [4.69, 9.17) is 14.7 Å². The number of nitriles is 1. The maximum absolute atomic E-state index is 8.78. The molecule has 4 nitrogen and oxygen atoms in total. The lowest BCUT2D eigenvalue weighted by molar-refractivity contribution is 0.298. The van der Waals surface area contributed by atoms with Gasteiger partial charge in [0.2, 0.25) is 0 Å². The fourth-order valence-electron chi connectivity index (χ4n) is 2.66. The molecule has 3 rings (SSSR count). The molecule has 0 spiro atoms. The molecule has 0 radical (unpaired) electrons. The largest absolute Gasteiger partial charge is 0.488 e. The molecule has 2 aromatic carbocycles. The quantitative estimate of drug-likeness (QED) is 0.630. The summed E-state index contributed by atoms with van der Waals surface area (Å²) < 4.78 is 11.0. The highest BCUT2D eigenvalue weighted by atomic mass is 16.5. The van der Waals surface area contributed by atoms with Gasteiger partial charge < -0.3 is 9.47 Å². The molecule has 0 bridgehead atoms. The van der Waals surface area contributed by atoms with Crippen LogP contribution in [-0.2, 0) is 6.61 Å². The van der Waals surface area contributed by atoms with Gasteiger partial charge in [0.1, 0.15) is 18.1 Å². The van der Waals surface area contributed by atoms with Crippen molar-refractivity contribution in [3.05, 3.63) is 77.5 Å². The fraction of sp³-hybridized carbons (Fsp3) is 0.143. The van der Waals surface area contributed by atoms with E-state index in [0.29, 0.717) is 12.4 Å². The van der Waals surface area contributed by atoms with Crippen molar-refractivity contribution in [1.29, 1.82) is 5.26 Å². The second-order valence-corrected chi connectivity index (χ2v) is 5.73. The minimum atomic E-state index is 0.341. The standard InChI is InChI=1S/C21H18N2O2/c1-15-6-5-8-21(25-14-22)18(15)13-24-20-10-9-17(12-16(20)2)19-7-3-4-11-23-19/h3-12H,13H2,1-2H3. The van der Waals surface area contributed by atoms with Gasteiger partial charge in [0.15, 0.2) is 0 Å². The monoisotopic (exact) mass is 330 g/mol. The first-order valence-electron chi connectivity index (χ1n) is 7.98. The first-order valence-corrected chi connectivity index (χ1v) is 7.98. The Kier molecular flexibility index (Phi) is 4.96. The lowest BCUT2D eigenvalue weighted by atomic mass is 10.1. The van der Waals surface area contributed by atoms with E-state index in [-0.39, 0.29) is 0 Å². The maximum Gasteiger partial charge on any atom is 0.292 e. The van der Waals surface area contributed by atoms with E-state index >= 15 is 0 Å². The van der Waals surface area contributed by atoms with Crippen LogP contribution in [-0.4, -0.2) is 4.98 Å². The Morgan fingerprint density at radius 1 is 0.960 bits per heavy atom. The lowest BCUT2D eigenvalue weighted by Gasteiger charge is -2.14. The van der Waals surface area contributed by atoms with Gasteiger partial charge in [-0.1, -0.05) is 18.2 Å². The molecule has 1 heterocycles. The van der Waals surface area contributed by atoms with Crippen LogP contribution in [0.3, 0.4) is 0 Å². The highest BCUT2D eigenvalue weighted by Gasteiger charge is 2.10. The van der Waals surface area contributed by atoms with Gasteiger partial charge in [-0.25, -0.2) is 0 Å². The summed E-state index contributed by atoms with van der Waals surface area (Å²) in [5, 5.41) is 8.78. The number of benzene rings is 2. The number of nitrogens with zero attached hydrogens (tertiary/aromatic N) is 2. The summed E-state index contributed by atoms with van der Waals surface area (Å²) >= 11 is 0. The van der Waals surface area contributed by atoms with Crippen LogP contribution < -0.4 is 9.47 Å². The van der Waals surface area contributed by atoms with Crippen LogP contribution in [0, 0.1) is 25.4 Å². The molecule has 3 aromatic rings.